The Bertz CT molecular complexity index is 1020. The number of aromatic nitrogens is 2. The van der Waals surface area contributed by atoms with Crippen LogP contribution in [0.2, 0.25) is 10.0 Å². The van der Waals surface area contributed by atoms with Gasteiger partial charge < -0.3 is 15.2 Å². The number of carbonyl (C=O) groups excluding carboxylic acids is 1. The third kappa shape index (κ3) is 4.31. The van der Waals surface area contributed by atoms with Crippen LogP contribution in [-0.2, 0) is 4.79 Å². The number of hydrogen-bond donors (Lipinski definition) is 2. The highest BCUT2D eigenvalue weighted by Gasteiger charge is 2.29. The predicted molar refractivity (Wildman–Crippen MR) is 117 cm³/mol. The smallest absolute Gasteiger partial charge is 0.317 e. The van der Waals surface area contributed by atoms with Gasteiger partial charge in [-0.05, 0) is 18.9 Å². The number of anilines is 1. The Hall–Kier alpha value is -1.99. The topological polar surface area (TPSA) is 87.2 Å². The van der Waals surface area contributed by atoms with Crippen LogP contribution >= 0.6 is 23.2 Å². The molecule has 2 aromatic rings. The summed E-state index contributed by atoms with van der Waals surface area (Å²) in [6.45, 7) is 5.89. The van der Waals surface area contributed by atoms with Crippen molar-refractivity contribution in [2.24, 2.45) is 0 Å². The number of amides is 1. The maximum atomic E-state index is 13.0. The summed E-state index contributed by atoms with van der Waals surface area (Å²) < 4.78 is 1.40. The molecule has 1 aromatic heterocycles. The van der Waals surface area contributed by atoms with Crippen molar-refractivity contribution >= 4 is 45.8 Å². The van der Waals surface area contributed by atoms with Crippen molar-refractivity contribution < 1.29 is 4.79 Å². The standard InChI is InChI=1S/C20H26Cl2N4O3/c1-3-5-7-25(8-6-4-2)15(27)9-12-11-23-17-16(22)13(21)10-14-18(17)26(12)20(29)19(28)24-14/h10,12,23H,3-9,11H2,1-2H3,(H,24,28). The maximum absolute atomic E-state index is 13.0. The highest BCUT2D eigenvalue weighted by Crippen LogP contribution is 2.39. The molecule has 1 unspecified atom stereocenters. The summed E-state index contributed by atoms with van der Waals surface area (Å²) >= 11 is 12.5. The van der Waals surface area contributed by atoms with Gasteiger partial charge in [-0.25, -0.2) is 0 Å². The van der Waals surface area contributed by atoms with Gasteiger partial charge in [-0.1, -0.05) is 49.9 Å². The number of halogens is 2. The van der Waals surface area contributed by atoms with E-state index in [1.54, 1.807) is 0 Å². The number of aromatic amines is 1. The molecule has 1 aliphatic heterocycles. The Morgan fingerprint density at radius 3 is 2.48 bits per heavy atom. The molecule has 2 N–H and O–H groups in total. The molecule has 1 aliphatic rings. The summed E-state index contributed by atoms with van der Waals surface area (Å²) in [5.41, 5.74) is -0.0423. The fourth-order valence-electron chi connectivity index (χ4n) is 3.72. The van der Waals surface area contributed by atoms with Crippen molar-refractivity contribution in [3.8, 4) is 0 Å². The van der Waals surface area contributed by atoms with Gasteiger partial charge in [0.05, 0.1) is 32.8 Å². The molecule has 0 spiro atoms. The molecule has 0 fully saturated rings. The quantitative estimate of drug-likeness (QED) is 0.611. The van der Waals surface area contributed by atoms with Crippen LogP contribution in [0.15, 0.2) is 15.7 Å². The summed E-state index contributed by atoms with van der Waals surface area (Å²) in [6.07, 6.45) is 4.01. The molecule has 1 aromatic carbocycles. The molecule has 1 amide bonds. The summed E-state index contributed by atoms with van der Waals surface area (Å²) in [5.74, 6) is -0.0115. The van der Waals surface area contributed by atoms with Gasteiger partial charge in [0.2, 0.25) is 5.91 Å². The summed E-state index contributed by atoms with van der Waals surface area (Å²) in [7, 11) is 0. The molecule has 158 valence electrons. The lowest BCUT2D eigenvalue weighted by Crippen LogP contribution is -2.44. The van der Waals surface area contributed by atoms with Crippen LogP contribution in [0.25, 0.3) is 11.0 Å². The fourth-order valence-corrected chi connectivity index (χ4v) is 4.14. The summed E-state index contributed by atoms with van der Waals surface area (Å²) in [6, 6.07) is 1.05. The minimum atomic E-state index is -0.741. The fraction of sp³-hybridized carbons (Fsp3) is 0.550. The molecule has 2 heterocycles. The van der Waals surface area contributed by atoms with Crippen LogP contribution in [0.4, 0.5) is 5.69 Å². The van der Waals surface area contributed by atoms with E-state index in [0.717, 1.165) is 25.7 Å². The first-order valence-corrected chi connectivity index (χ1v) is 10.8. The highest BCUT2D eigenvalue weighted by molar-refractivity contribution is 6.45. The van der Waals surface area contributed by atoms with Gasteiger partial charge in [-0.15, -0.1) is 0 Å². The van der Waals surface area contributed by atoms with Crippen LogP contribution in [0.3, 0.4) is 0 Å². The van der Waals surface area contributed by atoms with E-state index >= 15 is 0 Å². The summed E-state index contributed by atoms with van der Waals surface area (Å²) in [4.78, 5) is 42.4. The van der Waals surface area contributed by atoms with Crippen molar-refractivity contribution in [3.05, 3.63) is 36.8 Å². The van der Waals surface area contributed by atoms with Gasteiger partial charge in [0.15, 0.2) is 0 Å². The molecule has 0 saturated heterocycles. The molecule has 0 radical (unpaired) electrons. The highest BCUT2D eigenvalue weighted by atomic mass is 35.5. The Morgan fingerprint density at radius 2 is 1.86 bits per heavy atom. The van der Waals surface area contributed by atoms with Crippen LogP contribution in [0.5, 0.6) is 0 Å². The van der Waals surface area contributed by atoms with E-state index in [-0.39, 0.29) is 22.4 Å². The zero-order valence-corrected chi connectivity index (χ0v) is 18.2. The largest absolute Gasteiger partial charge is 0.380 e. The van der Waals surface area contributed by atoms with Crippen LogP contribution in [0.1, 0.15) is 52.0 Å². The van der Waals surface area contributed by atoms with Gasteiger partial charge in [-0.2, -0.15) is 0 Å². The van der Waals surface area contributed by atoms with E-state index in [1.807, 2.05) is 4.90 Å². The van der Waals surface area contributed by atoms with Crippen molar-refractivity contribution in [1.29, 1.82) is 0 Å². The number of nitrogens with one attached hydrogen (secondary N) is 2. The third-order valence-corrected chi connectivity index (χ3v) is 6.09. The minimum absolute atomic E-state index is 0.0115. The normalized spacial score (nSPS) is 15.4. The van der Waals surface area contributed by atoms with Gasteiger partial charge >= 0.3 is 11.1 Å². The summed E-state index contributed by atoms with van der Waals surface area (Å²) in [5, 5.41) is 3.76. The molecule has 0 saturated carbocycles. The van der Waals surface area contributed by atoms with E-state index in [1.165, 1.54) is 10.6 Å². The monoisotopic (exact) mass is 440 g/mol. The lowest BCUT2D eigenvalue weighted by atomic mass is 10.1. The van der Waals surface area contributed by atoms with E-state index < -0.39 is 17.2 Å². The van der Waals surface area contributed by atoms with Gasteiger partial charge in [0, 0.05) is 26.1 Å². The lowest BCUT2D eigenvalue weighted by Gasteiger charge is -2.31. The predicted octanol–water partition coefficient (Wildman–Crippen LogP) is 3.78. The molecule has 0 aliphatic carbocycles. The first-order valence-electron chi connectivity index (χ1n) is 10.1. The van der Waals surface area contributed by atoms with E-state index in [0.29, 0.717) is 36.4 Å². The SMILES string of the molecule is CCCCN(CCCC)C(=O)CC1CNc2c(Cl)c(Cl)cc3[nH]c(=O)c(=O)n1c23. The minimum Gasteiger partial charge on any atom is -0.380 e. The first kappa shape index (κ1) is 21.7. The third-order valence-electron chi connectivity index (χ3n) is 5.30. The number of rotatable bonds is 8. The Morgan fingerprint density at radius 1 is 1.21 bits per heavy atom. The lowest BCUT2D eigenvalue weighted by molar-refractivity contribution is -0.132. The molecule has 0 bridgehead atoms. The Balaban J connectivity index is 1.99. The van der Waals surface area contributed by atoms with Crippen LogP contribution < -0.4 is 16.4 Å². The number of H-pyrrole nitrogens is 1. The molecule has 1 atom stereocenters. The molecule has 7 nitrogen and oxygen atoms in total. The number of nitrogens with zero attached hydrogens (tertiary/aromatic N) is 2. The average Bonchev–Trinajstić information content (AvgIpc) is 2.70. The van der Waals surface area contributed by atoms with Crippen molar-refractivity contribution in [3.63, 3.8) is 0 Å². The average molecular weight is 441 g/mol. The molecule has 3 rings (SSSR count). The van der Waals surface area contributed by atoms with Gasteiger partial charge in [0.25, 0.3) is 0 Å². The molecular weight excluding hydrogens is 415 g/mol. The van der Waals surface area contributed by atoms with Gasteiger partial charge in [-0.3, -0.25) is 19.0 Å². The van der Waals surface area contributed by atoms with Crippen molar-refractivity contribution in [2.45, 2.75) is 52.0 Å². The Labute approximate surface area is 179 Å². The molecular formula is C20H26Cl2N4O3. The van der Waals surface area contributed by atoms with Crippen molar-refractivity contribution in [2.75, 3.05) is 25.0 Å². The van der Waals surface area contributed by atoms with E-state index in [4.69, 9.17) is 23.2 Å². The number of unbranched alkanes of at least 4 members (excludes halogenated alkanes) is 2. The first-order chi connectivity index (χ1) is 13.9. The maximum Gasteiger partial charge on any atom is 0.317 e. The van der Waals surface area contributed by atoms with E-state index in [9.17, 15) is 14.4 Å². The zero-order valence-electron chi connectivity index (χ0n) is 16.7. The number of hydrogen-bond acceptors (Lipinski definition) is 4. The van der Waals surface area contributed by atoms with Crippen LogP contribution in [0, 0.1) is 0 Å². The second-order valence-corrected chi connectivity index (χ2v) is 8.18. The van der Waals surface area contributed by atoms with Crippen LogP contribution in [-0.4, -0.2) is 40.0 Å². The molecule has 29 heavy (non-hydrogen) atoms. The van der Waals surface area contributed by atoms with Crippen molar-refractivity contribution in [1.82, 2.24) is 14.5 Å². The Kier molecular flexibility index (Phi) is 6.90. The molecule has 9 heteroatoms. The second kappa shape index (κ2) is 9.22. The second-order valence-electron chi connectivity index (χ2n) is 7.40. The number of carbonyl (C=O) groups is 1. The van der Waals surface area contributed by atoms with E-state index in [2.05, 4.69) is 24.1 Å². The van der Waals surface area contributed by atoms with Gasteiger partial charge in [0.1, 0.15) is 0 Å². The number of benzene rings is 1. The zero-order chi connectivity index (χ0) is 21.1.